The summed E-state index contributed by atoms with van der Waals surface area (Å²) in [5, 5.41) is 13.3. The van der Waals surface area contributed by atoms with Crippen LogP contribution in [0, 0.1) is 11.7 Å². The van der Waals surface area contributed by atoms with E-state index in [0.717, 1.165) is 5.69 Å². The number of nitrogens with one attached hydrogen (secondary N) is 1. The minimum atomic E-state index is -0.862. The Hall–Kier alpha value is -3.57. The maximum atomic E-state index is 14.7. The number of likely N-dealkylation sites (tertiary alicyclic amines) is 1. The number of aromatic nitrogens is 3. The Morgan fingerprint density at radius 1 is 1.25 bits per heavy atom. The van der Waals surface area contributed by atoms with Crippen molar-refractivity contribution in [2.45, 2.75) is 25.4 Å². The largest absolute Gasteiger partial charge is 0.486 e. The molecule has 2 atom stereocenters. The molecule has 11 heteroatoms. The summed E-state index contributed by atoms with van der Waals surface area (Å²) in [6, 6.07) is 5.05. The first-order valence-corrected chi connectivity index (χ1v) is 11.9. The summed E-state index contributed by atoms with van der Waals surface area (Å²) in [4.78, 5) is 27.0. The number of aliphatic carboxylic acids is 1. The molecule has 0 bridgehead atoms. The minimum absolute atomic E-state index is 0.210. The van der Waals surface area contributed by atoms with Crippen LogP contribution in [0.2, 0.25) is 0 Å². The Bertz CT molecular complexity index is 1260. The van der Waals surface area contributed by atoms with E-state index in [2.05, 4.69) is 25.2 Å². The topological polar surface area (TPSA) is 119 Å². The maximum absolute atomic E-state index is 14.7. The third-order valence-corrected chi connectivity index (χ3v) is 6.67. The van der Waals surface area contributed by atoms with Crippen LogP contribution >= 0.6 is 0 Å². The van der Waals surface area contributed by atoms with Gasteiger partial charge in [0.15, 0.2) is 11.5 Å². The number of carbonyl (C=O) groups is 1. The molecule has 0 saturated carbocycles. The number of piperidine rings is 1. The van der Waals surface area contributed by atoms with E-state index in [1.807, 2.05) is 6.07 Å². The van der Waals surface area contributed by atoms with Crippen LogP contribution in [0.1, 0.15) is 17.7 Å². The van der Waals surface area contributed by atoms with Crippen LogP contribution in [-0.2, 0) is 17.8 Å². The Morgan fingerprint density at radius 2 is 2.08 bits per heavy atom. The number of nitrogens with zero attached hydrogens (tertiary/aromatic N) is 4. The molecule has 0 unspecified atom stereocenters. The molecular formula is C25H28FN5O5. The number of rotatable bonds is 8. The van der Waals surface area contributed by atoms with Crippen molar-refractivity contribution in [1.82, 2.24) is 25.2 Å². The lowest BCUT2D eigenvalue weighted by Crippen LogP contribution is -2.52. The van der Waals surface area contributed by atoms with E-state index in [1.165, 1.54) is 13.3 Å². The van der Waals surface area contributed by atoms with Gasteiger partial charge < -0.3 is 29.5 Å². The van der Waals surface area contributed by atoms with Crippen LogP contribution < -0.4 is 19.5 Å². The summed E-state index contributed by atoms with van der Waals surface area (Å²) in [5.41, 5.74) is 2.27. The summed E-state index contributed by atoms with van der Waals surface area (Å²) >= 11 is 0. The molecule has 3 aromatic rings. The third-order valence-electron chi connectivity index (χ3n) is 6.67. The molecule has 190 valence electrons. The van der Waals surface area contributed by atoms with Gasteiger partial charge in [0, 0.05) is 43.4 Å². The second-order valence-corrected chi connectivity index (χ2v) is 8.90. The highest BCUT2D eigenvalue weighted by molar-refractivity contribution is 5.78. The Labute approximate surface area is 207 Å². The molecule has 2 aliphatic rings. The van der Waals surface area contributed by atoms with Crippen molar-refractivity contribution in [3.63, 3.8) is 0 Å². The highest BCUT2D eigenvalue weighted by Gasteiger charge is 2.34. The van der Waals surface area contributed by atoms with E-state index in [9.17, 15) is 14.3 Å². The fourth-order valence-electron chi connectivity index (χ4n) is 4.74. The number of carboxylic acids is 1. The number of hydrogen-bond acceptors (Lipinski definition) is 9. The van der Waals surface area contributed by atoms with Crippen LogP contribution in [0.25, 0.3) is 11.0 Å². The second-order valence-electron chi connectivity index (χ2n) is 8.90. The monoisotopic (exact) mass is 497 g/mol. The van der Waals surface area contributed by atoms with Crippen LogP contribution in [0.15, 0.2) is 30.6 Å². The number of methoxy groups -OCH3 is 1. The van der Waals surface area contributed by atoms with Gasteiger partial charge in [0.1, 0.15) is 19.0 Å². The van der Waals surface area contributed by atoms with Gasteiger partial charge in [-0.25, -0.2) is 9.37 Å². The summed E-state index contributed by atoms with van der Waals surface area (Å²) in [6.07, 6.45) is 3.87. The van der Waals surface area contributed by atoms with Crippen molar-refractivity contribution in [1.29, 1.82) is 0 Å². The molecule has 1 fully saturated rings. The van der Waals surface area contributed by atoms with Crippen LogP contribution in [0.3, 0.4) is 0 Å². The molecule has 3 aromatic heterocycles. The lowest BCUT2D eigenvalue weighted by molar-refractivity contribution is -0.144. The zero-order valence-electron chi connectivity index (χ0n) is 19.9. The summed E-state index contributed by atoms with van der Waals surface area (Å²) in [5.74, 6) is -0.232. The van der Waals surface area contributed by atoms with E-state index < -0.39 is 17.7 Å². The predicted molar refractivity (Wildman–Crippen MR) is 128 cm³/mol. The standard InChI is InChI=1S/C25H28FN5O5/c1-34-23-3-2-20-24(30-23)16(18(26)12-29-20)4-6-31-7-5-19(17(14-31)25(32)33)28-11-15-10-21-22(13-27-15)36-9-8-35-21/h2-3,10,12-13,17,19,28H,4-9,11,14H2,1H3,(H,32,33)/t17-,19+/m1/s1. The molecule has 0 amide bonds. The van der Waals surface area contributed by atoms with Crippen LogP contribution in [-0.4, -0.2) is 76.9 Å². The molecule has 0 radical (unpaired) electrons. The molecule has 2 N–H and O–H groups in total. The van der Waals surface area contributed by atoms with Gasteiger partial charge in [0.2, 0.25) is 5.88 Å². The van der Waals surface area contributed by atoms with Gasteiger partial charge in [-0.1, -0.05) is 0 Å². The van der Waals surface area contributed by atoms with Crippen molar-refractivity contribution in [2.75, 3.05) is 40.0 Å². The number of hydrogen-bond donors (Lipinski definition) is 2. The van der Waals surface area contributed by atoms with Crippen molar-refractivity contribution < 1.29 is 28.5 Å². The van der Waals surface area contributed by atoms with E-state index in [4.69, 9.17) is 14.2 Å². The number of pyridine rings is 3. The molecule has 0 spiro atoms. The van der Waals surface area contributed by atoms with Crippen molar-refractivity contribution in [2.24, 2.45) is 5.92 Å². The SMILES string of the molecule is COc1ccc2ncc(F)c(CCN3CC[C@H](NCc4cc5c(cn4)OCCO5)[C@H](C(=O)O)C3)c2n1. The summed E-state index contributed by atoms with van der Waals surface area (Å²) < 4.78 is 30.9. The number of halogens is 1. The molecule has 5 rings (SSSR count). The van der Waals surface area contributed by atoms with E-state index in [1.54, 1.807) is 18.3 Å². The number of carboxylic acid groups (broad SMARTS) is 1. The van der Waals surface area contributed by atoms with Gasteiger partial charge in [0.25, 0.3) is 0 Å². The van der Waals surface area contributed by atoms with E-state index >= 15 is 0 Å². The first-order valence-electron chi connectivity index (χ1n) is 11.9. The van der Waals surface area contributed by atoms with Crippen molar-refractivity contribution >= 4 is 17.0 Å². The maximum Gasteiger partial charge on any atom is 0.309 e. The van der Waals surface area contributed by atoms with Crippen LogP contribution in [0.4, 0.5) is 4.39 Å². The lowest BCUT2D eigenvalue weighted by Gasteiger charge is -2.37. The van der Waals surface area contributed by atoms with Gasteiger partial charge in [-0.3, -0.25) is 14.8 Å². The van der Waals surface area contributed by atoms with Gasteiger partial charge in [-0.15, -0.1) is 0 Å². The highest BCUT2D eigenvalue weighted by Crippen LogP contribution is 2.29. The molecular weight excluding hydrogens is 469 g/mol. The fraction of sp³-hybridized carbons (Fsp3) is 0.440. The predicted octanol–water partition coefficient (Wildman–Crippen LogP) is 2.05. The molecule has 0 aliphatic carbocycles. The Morgan fingerprint density at radius 3 is 2.89 bits per heavy atom. The van der Waals surface area contributed by atoms with Crippen LogP contribution in [0.5, 0.6) is 17.4 Å². The van der Waals surface area contributed by atoms with Crippen molar-refractivity contribution in [3.05, 3.63) is 47.7 Å². The van der Waals surface area contributed by atoms with Gasteiger partial charge in [-0.2, -0.15) is 0 Å². The van der Waals surface area contributed by atoms with Crippen molar-refractivity contribution in [3.8, 4) is 17.4 Å². The van der Waals surface area contributed by atoms with E-state index in [0.29, 0.717) is 86.2 Å². The number of ether oxygens (including phenoxy) is 3. The van der Waals surface area contributed by atoms with Gasteiger partial charge in [-0.05, 0) is 25.5 Å². The first-order chi connectivity index (χ1) is 17.5. The Balaban J connectivity index is 1.22. The average molecular weight is 498 g/mol. The molecule has 5 heterocycles. The number of fused-ring (bicyclic) bond motifs is 2. The average Bonchev–Trinajstić information content (AvgIpc) is 2.91. The normalized spacial score (nSPS) is 19.8. The minimum Gasteiger partial charge on any atom is -0.486 e. The Kier molecular flexibility index (Phi) is 7.10. The smallest absolute Gasteiger partial charge is 0.309 e. The first kappa shape index (κ1) is 24.1. The molecule has 2 aliphatic heterocycles. The highest BCUT2D eigenvalue weighted by atomic mass is 19.1. The third kappa shape index (κ3) is 5.17. The second kappa shape index (κ2) is 10.6. The summed E-state index contributed by atoms with van der Waals surface area (Å²) in [6.45, 7) is 2.98. The fourth-order valence-corrected chi connectivity index (χ4v) is 4.74. The zero-order valence-corrected chi connectivity index (χ0v) is 19.9. The molecule has 1 saturated heterocycles. The van der Waals surface area contributed by atoms with E-state index in [-0.39, 0.29) is 6.04 Å². The van der Waals surface area contributed by atoms with Gasteiger partial charge >= 0.3 is 5.97 Å². The molecule has 36 heavy (non-hydrogen) atoms. The quantitative estimate of drug-likeness (QED) is 0.479. The molecule has 0 aromatic carbocycles. The van der Waals surface area contributed by atoms with Gasteiger partial charge in [0.05, 0.1) is 42.1 Å². The lowest BCUT2D eigenvalue weighted by atomic mass is 9.91. The zero-order chi connectivity index (χ0) is 25.1. The summed E-state index contributed by atoms with van der Waals surface area (Å²) in [7, 11) is 1.51. The molecule has 10 nitrogen and oxygen atoms in total.